The smallest absolute Gasteiger partial charge is 0.195 e. The van der Waals surface area contributed by atoms with Crippen molar-refractivity contribution in [3.63, 3.8) is 0 Å². The molecular formula is C14H9BrCl2O2. The van der Waals surface area contributed by atoms with Gasteiger partial charge in [-0.05, 0) is 52.3 Å². The maximum absolute atomic E-state index is 12.4. The molecule has 19 heavy (non-hydrogen) atoms. The Morgan fingerprint density at radius 2 is 1.84 bits per heavy atom. The molecule has 0 bridgehead atoms. The van der Waals surface area contributed by atoms with E-state index < -0.39 is 0 Å². The van der Waals surface area contributed by atoms with Crippen LogP contribution in [0.3, 0.4) is 0 Å². The minimum absolute atomic E-state index is 0.193. The lowest BCUT2D eigenvalue weighted by Gasteiger charge is -2.08. The van der Waals surface area contributed by atoms with Crippen molar-refractivity contribution in [1.29, 1.82) is 0 Å². The summed E-state index contributed by atoms with van der Waals surface area (Å²) in [7, 11) is 1.57. The monoisotopic (exact) mass is 358 g/mol. The van der Waals surface area contributed by atoms with E-state index in [0.29, 0.717) is 31.4 Å². The second-order valence-corrected chi connectivity index (χ2v) is 5.50. The Morgan fingerprint density at radius 3 is 2.47 bits per heavy atom. The Balaban J connectivity index is 2.47. The van der Waals surface area contributed by atoms with Gasteiger partial charge in [0.05, 0.1) is 12.1 Å². The molecule has 0 saturated heterocycles. The van der Waals surface area contributed by atoms with E-state index in [0.717, 1.165) is 0 Å². The summed E-state index contributed by atoms with van der Waals surface area (Å²) in [6, 6.07) is 9.94. The fraction of sp³-hybridized carbons (Fsp3) is 0.0714. The molecule has 2 aromatic rings. The van der Waals surface area contributed by atoms with Crippen molar-refractivity contribution in [2.75, 3.05) is 7.11 Å². The highest BCUT2D eigenvalue weighted by atomic mass is 79.9. The summed E-state index contributed by atoms with van der Waals surface area (Å²) in [6.45, 7) is 0. The number of hydrogen-bond donors (Lipinski definition) is 0. The Morgan fingerprint density at radius 1 is 1.11 bits per heavy atom. The molecule has 0 heterocycles. The van der Waals surface area contributed by atoms with Gasteiger partial charge in [-0.25, -0.2) is 0 Å². The summed E-state index contributed by atoms with van der Waals surface area (Å²) >= 11 is 15.3. The van der Waals surface area contributed by atoms with Crippen LogP contribution in [0.4, 0.5) is 0 Å². The number of hydrogen-bond acceptors (Lipinski definition) is 2. The molecule has 0 aliphatic carbocycles. The third-order valence-electron chi connectivity index (χ3n) is 2.59. The van der Waals surface area contributed by atoms with Crippen LogP contribution in [0, 0.1) is 0 Å². The summed E-state index contributed by atoms with van der Waals surface area (Å²) in [4.78, 5) is 12.4. The number of halogens is 3. The lowest BCUT2D eigenvalue weighted by Crippen LogP contribution is -2.03. The van der Waals surface area contributed by atoms with Crippen LogP contribution in [0.25, 0.3) is 0 Å². The lowest BCUT2D eigenvalue weighted by atomic mass is 10.0. The molecular weight excluding hydrogens is 351 g/mol. The van der Waals surface area contributed by atoms with E-state index in [4.69, 9.17) is 27.9 Å². The maximum atomic E-state index is 12.4. The summed E-state index contributed by atoms with van der Waals surface area (Å²) in [6.07, 6.45) is 0. The highest BCUT2D eigenvalue weighted by Crippen LogP contribution is 2.28. The molecule has 0 amide bonds. The Kier molecular flexibility index (Phi) is 4.50. The van der Waals surface area contributed by atoms with Gasteiger partial charge in [-0.15, -0.1) is 0 Å². The molecule has 0 aliphatic heterocycles. The average Bonchev–Trinajstić information content (AvgIpc) is 2.40. The molecule has 0 N–H and O–H groups in total. The van der Waals surface area contributed by atoms with E-state index in [9.17, 15) is 4.79 Å². The molecule has 0 aliphatic rings. The van der Waals surface area contributed by atoms with Crippen molar-refractivity contribution in [2.45, 2.75) is 0 Å². The van der Waals surface area contributed by atoms with Gasteiger partial charge in [0.2, 0.25) is 0 Å². The average molecular weight is 360 g/mol. The van der Waals surface area contributed by atoms with Crippen LogP contribution in [0.2, 0.25) is 10.0 Å². The Hall–Kier alpha value is -1.03. The summed E-state index contributed by atoms with van der Waals surface area (Å²) < 4.78 is 5.74. The van der Waals surface area contributed by atoms with Gasteiger partial charge < -0.3 is 4.74 Å². The minimum Gasteiger partial charge on any atom is -0.497 e. The van der Waals surface area contributed by atoms with Gasteiger partial charge in [0.25, 0.3) is 0 Å². The number of carbonyl (C=O) groups excluding carboxylic acids is 1. The van der Waals surface area contributed by atoms with Crippen molar-refractivity contribution in [3.8, 4) is 5.75 Å². The highest BCUT2D eigenvalue weighted by Gasteiger charge is 2.16. The van der Waals surface area contributed by atoms with Crippen LogP contribution in [-0.2, 0) is 0 Å². The number of benzene rings is 2. The van der Waals surface area contributed by atoms with Crippen molar-refractivity contribution >= 4 is 44.9 Å². The van der Waals surface area contributed by atoms with Gasteiger partial charge in [-0.1, -0.05) is 23.2 Å². The SMILES string of the molecule is COc1ccc(C(=O)c2cc(Cl)ccc2Cl)c(Br)c1. The van der Waals surface area contributed by atoms with Gasteiger partial charge in [-0.2, -0.15) is 0 Å². The summed E-state index contributed by atoms with van der Waals surface area (Å²) in [5.74, 6) is 0.475. The van der Waals surface area contributed by atoms with E-state index in [1.807, 2.05) is 0 Å². The van der Waals surface area contributed by atoms with Crippen LogP contribution in [-0.4, -0.2) is 12.9 Å². The number of ether oxygens (including phenoxy) is 1. The third-order valence-corrected chi connectivity index (χ3v) is 3.81. The maximum Gasteiger partial charge on any atom is 0.195 e. The lowest BCUT2D eigenvalue weighted by molar-refractivity contribution is 0.103. The van der Waals surface area contributed by atoms with Gasteiger partial charge in [0.1, 0.15) is 5.75 Å². The Labute approximate surface area is 129 Å². The van der Waals surface area contributed by atoms with Crippen molar-refractivity contribution in [1.82, 2.24) is 0 Å². The molecule has 0 aromatic heterocycles. The first kappa shape index (κ1) is 14.4. The zero-order chi connectivity index (χ0) is 14.0. The van der Waals surface area contributed by atoms with E-state index in [2.05, 4.69) is 15.9 Å². The predicted octanol–water partition coefficient (Wildman–Crippen LogP) is 5.00. The topological polar surface area (TPSA) is 26.3 Å². The van der Waals surface area contributed by atoms with Crippen molar-refractivity contribution in [2.24, 2.45) is 0 Å². The first-order valence-electron chi connectivity index (χ1n) is 5.36. The summed E-state index contributed by atoms with van der Waals surface area (Å²) in [5.41, 5.74) is 0.880. The number of rotatable bonds is 3. The molecule has 2 nitrogen and oxygen atoms in total. The second-order valence-electron chi connectivity index (χ2n) is 3.80. The van der Waals surface area contributed by atoms with Crippen LogP contribution in [0.15, 0.2) is 40.9 Å². The van der Waals surface area contributed by atoms with Crippen LogP contribution >= 0.6 is 39.1 Å². The zero-order valence-electron chi connectivity index (χ0n) is 9.91. The van der Waals surface area contributed by atoms with Crippen LogP contribution < -0.4 is 4.74 Å². The summed E-state index contributed by atoms with van der Waals surface area (Å²) in [5, 5.41) is 0.842. The molecule has 98 valence electrons. The molecule has 0 radical (unpaired) electrons. The Bertz CT molecular complexity index is 641. The zero-order valence-corrected chi connectivity index (χ0v) is 13.0. The molecule has 5 heteroatoms. The number of carbonyl (C=O) groups is 1. The molecule has 0 spiro atoms. The van der Waals surface area contributed by atoms with Crippen molar-refractivity contribution < 1.29 is 9.53 Å². The quantitative estimate of drug-likeness (QED) is 0.721. The number of methoxy groups -OCH3 is 1. The van der Waals surface area contributed by atoms with E-state index >= 15 is 0 Å². The van der Waals surface area contributed by atoms with Crippen LogP contribution in [0.5, 0.6) is 5.75 Å². The predicted molar refractivity (Wildman–Crippen MR) is 80.6 cm³/mol. The minimum atomic E-state index is -0.193. The van der Waals surface area contributed by atoms with E-state index in [-0.39, 0.29) is 5.78 Å². The van der Waals surface area contributed by atoms with Gasteiger partial charge >= 0.3 is 0 Å². The molecule has 2 aromatic carbocycles. The van der Waals surface area contributed by atoms with Crippen LogP contribution in [0.1, 0.15) is 15.9 Å². The fourth-order valence-corrected chi connectivity index (χ4v) is 2.54. The molecule has 0 saturated carbocycles. The molecule has 2 rings (SSSR count). The second kappa shape index (κ2) is 5.95. The molecule has 0 fully saturated rings. The van der Waals surface area contributed by atoms with E-state index in [1.165, 1.54) is 0 Å². The normalized spacial score (nSPS) is 10.3. The fourth-order valence-electron chi connectivity index (χ4n) is 1.62. The molecule has 0 unspecified atom stereocenters. The standard InChI is InChI=1S/C14H9BrCl2O2/c1-19-9-3-4-10(12(15)7-9)14(18)11-6-8(16)2-5-13(11)17/h2-7H,1H3. The van der Waals surface area contributed by atoms with Gasteiger partial charge in [0, 0.05) is 20.6 Å². The first-order valence-corrected chi connectivity index (χ1v) is 6.91. The molecule has 0 atom stereocenters. The first-order chi connectivity index (χ1) is 9.02. The number of ketones is 1. The van der Waals surface area contributed by atoms with Gasteiger partial charge in [0.15, 0.2) is 5.78 Å². The van der Waals surface area contributed by atoms with E-state index in [1.54, 1.807) is 43.5 Å². The third kappa shape index (κ3) is 3.11. The largest absolute Gasteiger partial charge is 0.497 e. The van der Waals surface area contributed by atoms with Gasteiger partial charge in [-0.3, -0.25) is 4.79 Å². The highest BCUT2D eigenvalue weighted by molar-refractivity contribution is 9.10. The van der Waals surface area contributed by atoms with Crippen molar-refractivity contribution in [3.05, 3.63) is 62.0 Å².